The molecule has 1 aliphatic heterocycles. The van der Waals surface area contributed by atoms with Crippen molar-refractivity contribution in [2.75, 3.05) is 7.05 Å². The van der Waals surface area contributed by atoms with Crippen LogP contribution < -0.4 is 5.32 Å². The number of benzene rings is 1. The molecule has 1 aliphatic rings. The number of halogens is 1. The minimum absolute atomic E-state index is 0.303. The van der Waals surface area contributed by atoms with E-state index in [0.717, 1.165) is 18.9 Å². The van der Waals surface area contributed by atoms with Crippen LogP contribution in [-0.2, 0) is 4.79 Å². The second kappa shape index (κ2) is 6.16. The molecule has 4 nitrogen and oxygen atoms in total. The van der Waals surface area contributed by atoms with Crippen molar-refractivity contribution < 1.29 is 9.59 Å². The van der Waals surface area contributed by atoms with Crippen LogP contribution in [0.15, 0.2) is 51.2 Å². The highest BCUT2D eigenvalue weighted by Crippen LogP contribution is 2.34. The number of imide groups is 1. The Bertz CT molecular complexity index is 768. The number of hydrogen-bond acceptors (Lipinski definition) is 4. The third-order valence-corrected chi connectivity index (χ3v) is 5.43. The Morgan fingerprint density at radius 2 is 1.91 bits per heavy atom. The van der Waals surface area contributed by atoms with Crippen LogP contribution in [0.1, 0.15) is 4.88 Å². The summed E-state index contributed by atoms with van der Waals surface area (Å²) in [5.74, 6) is -0.315. The van der Waals surface area contributed by atoms with Crippen molar-refractivity contribution in [3.05, 3.63) is 52.0 Å². The first-order valence-electron chi connectivity index (χ1n) is 6.37. The van der Waals surface area contributed by atoms with Crippen molar-refractivity contribution in [2.24, 2.45) is 0 Å². The van der Waals surface area contributed by atoms with Crippen molar-refractivity contribution >= 4 is 52.7 Å². The highest BCUT2D eigenvalue weighted by atomic mass is 35.5. The van der Waals surface area contributed by atoms with E-state index < -0.39 is 6.03 Å². The first kappa shape index (κ1) is 15.1. The molecule has 2 heterocycles. The van der Waals surface area contributed by atoms with Gasteiger partial charge in [0.1, 0.15) is 5.70 Å². The molecule has 7 heteroatoms. The average Bonchev–Trinajstić information content (AvgIpc) is 3.03. The summed E-state index contributed by atoms with van der Waals surface area (Å²) in [6, 6.07) is 11.1. The number of likely N-dealkylation sites (N-methyl/N-ethyl adjacent to an activating group) is 1. The van der Waals surface area contributed by atoms with E-state index in [9.17, 15) is 9.59 Å². The summed E-state index contributed by atoms with van der Waals surface area (Å²) in [6.45, 7) is 0. The zero-order valence-electron chi connectivity index (χ0n) is 11.5. The molecule has 1 N–H and O–H groups in total. The van der Waals surface area contributed by atoms with Gasteiger partial charge in [-0.05, 0) is 42.5 Å². The lowest BCUT2D eigenvalue weighted by Gasteiger charge is -1.99. The second-order valence-corrected chi connectivity index (χ2v) is 7.49. The summed E-state index contributed by atoms with van der Waals surface area (Å²) in [6.07, 6.45) is 1.69. The predicted molar refractivity (Wildman–Crippen MR) is 89.2 cm³/mol. The smallest absolute Gasteiger partial charge is 0.303 e. The summed E-state index contributed by atoms with van der Waals surface area (Å²) in [5.41, 5.74) is 0.303. The van der Waals surface area contributed by atoms with Gasteiger partial charge in [-0.25, -0.2) is 4.79 Å². The Balaban J connectivity index is 1.75. The highest BCUT2D eigenvalue weighted by molar-refractivity contribution is 8.01. The van der Waals surface area contributed by atoms with Crippen LogP contribution in [0.25, 0.3) is 6.08 Å². The Kier molecular flexibility index (Phi) is 4.24. The zero-order chi connectivity index (χ0) is 15.7. The lowest BCUT2D eigenvalue weighted by molar-refractivity contribution is -0.121. The van der Waals surface area contributed by atoms with Gasteiger partial charge in [-0.15, -0.1) is 11.3 Å². The zero-order valence-corrected chi connectivity index (χ0v) is 13.9. The number of amides is 3. The van der Waals surface area contributed by atoms with Crippen LogP contribution in [0, 0.1) is 0 Å². The van der Waals surface area contributed by atoms with Crippen LogP contribution in [0.2, 0.25) is 5.02 Å². The molecule has 0 aliphatic carbocycles. The first-order chi connectivity index (χ1) is 10.5. The van der Waals surface area contributed by atoms with E-state index >= 15 is 0 Å². The molecule has 0 unspecified atom stereocenters. The predicted octanol–water partition coefficient (Wildman–Crippen LogP) is 4.08. The van der Waals surface area contributed by atoms with E-state index in [1.54, 1.807) is 29.2 Å². The van der Waals surface area contributed by atoms with E-state index in [0.29, 0.717) is 10.7 Å². The maximum Gasteiger partial charge on any atom is 0.328 e. The largest absolute Gasteiger partial charge is 0.328 e. The van der Waals surface area contributed by atoms with Gasteiger partial charge in [-0.1, -0.05) is 23.4 Å². The third kappa shape index (κ3) is 3.19. The van der Waals surface area contributed by atoms with Crippen molar-refractivity contribution in [2.45, 2.75) is 9.10 Å². The van der Waals surface area contributed by atoms with Gasteiger partial charge >= 0.3 is 6.03 Å². The van der Waals surface area contributed by atoms with Crippen molar-refractivity contribution in [1.82, 2.24) is 10.2 Å². The van der Waals surface area contributed by atoms with Crippen LogP contribution in [0.3, 0.4) is 0 Å². The molecule has 0 bridgehead atoms. The number of carbonyl (C=O) groups is 2. The Hall–Kier alpha value is -1.76. The molecule has 112 valence electrons. The number of thiophene rings is 1. The van der Waals surface area contributed by atoms with Gasteiger partial charge in [0.2, 0.25) is 0 Å². The molecule has 0 saturated carbocycles. The molecular formula is C15H11ClN2O2S2. The number of hydrogen-bond donors (Lipinski definition) is 1. The van der Waals surface area contributed by atoms with Crippen LogP contribution >= 0.6 is 34.7 Å². The third-order valence-electron chi connectivity index (χ3n) is 3.00. The molecule has 0 atom stereocenters. The molecular weight excluding hydrogens is 340 g/mol. The minimum atomic E-state index is -0.399. The standard InChI is InChI=1S/C15H11ClN2O2S2/c1-18-14(19)12(17-15(18)20)8-11-6-7-13(22-11)21-10-4-2-9(16)3-5-10/h2-8H,1H3,(H,17,20)/b12-8+. The summed E-state index contributed by atoms with van der Waals surface area (Å²) >= 11 is 9.05. The van der Waals surface area contributed by atoms with Gasteiger partial charge in [0.25, 0.3) is 5.91 Å². The fourth-order valence-electron chi connectivity index (χ4n) is 1.85. The van der Waals surface area contributed by atoms with Gasteiger partial charge in [-0.2, -0.15) is 0 Å². The first-order valence-corrected chi connectivity index (χ1v) is 8.38. The van der Waals surface area contributed by atoms with Gasteiger partial charge in [-0.3, -0.25) is 9.69 Å². The number of rotatable bonds is 3. The Morgan fingerprint density at radius 3 is 2.55 bits per heavy atom. The van der Waals surface area contributed by atoms with Crippen LogP contribution in [0.4, 0.5) is 4.79 Å². The van der Waals surface area contributed by atoms with E-state index in [1.807, 2.05) is 36.4 Å². The maximum absolute atomic E-state index is 11.8. The molecule has 2 aromatic rings. The van der Waals surface area contributed by atoms with Crippen molar-refractivity contribution in [3.63, 3.8) is 0 Å². The fourth-order valence-corrected chi connectivity index (χ4v) is 4.04. The van der Waals surface area contributed by atoms with E-state index in [1.165, 1.54) is 7.05 Å². The maximum atomic E-state index is 11.8. The summed E-state index contributed by atoms with van der Waals surface area (Å²) in [5, 5.41) is 3.26. The summed E-state index contributed by atoms with van der Waals surface area (Å²) in [7, 11) is 1.45. The van der Waals surface area contributed by atoms with E-state index in [2.05, 4.69) is 5.32 Å². The number of carbonyl (C=O) groups excluding carboxylic acids is 2. The molecule has 1 saturated heterocycles. The van der Waals surface area contributed by atoms with Crippen molar-refractivity contribution in [1.29, 1.82) is 0 Å². The molecule has 0 spiro atoms. The number of urea groups is 1. The fraction of sp³-hybridized carbons (Fsp3) is 0.0667. The highest BCUT2D eigenvalue weighted by Gasteiger charge is 2.30. The monoisotopic (exact) mass is 350 g/mol. The molecule has 22 heavy (non-hydrogen) atoms. The molecule has 1 fully saturated rings. The Labute approximate surface area is 140 Å². The quantitative estimate of drug-likeness (QED) is 0.670. The topological polar surface area (TPSA) is 49.4 Å². The lowest BCUT2D eigenvalue weighted by atomic mass is 10.3. The summed E-state index contributed by atoms with van der Waals surface area (Å²) < 4.78 is 1.10. The van der Waals surface area contributed by atoms with Gasteiger partial charge in [0, 0.05) is 21.8 Å². The lowest BCUT2D eigenvalue weighted by Crippen LogP contribution is -2.25. The SMILES string of the molecule is CN1C(=O)N/C(=C/c2ccc(Sc3ccc(Cl)cc3)s2)C1=O. The van der Waals surface area contributed by atoms with Gasteiger partial charge in [0.05, 0.1) is 4.21 Å². The van der Waals surface area contributed by atoms with E-state index in [-0.39, 0.29) is 5.91 Å². The second-order valence-electron chi connectivity index (χ2n) is 4.57. The molecule has 0 radical (unpaired) electrons. The summed E-state index contributed by atoms with van der Waals surface area (Å²) in [4.78, 5) is 26.3. The van der Waals surface area contributed by atoms with Gasteiger partial charge in [0.15, 0.2) is 0 Å². The number of nitrogens with one attached hydrogen (secondary N) is 1. The molecule has 1 aromatic heterocycles. The molecule has 1 aromatic carbocycles. The minimum Gasteiger partial charge on any atom is -0.303 e. The molecule has 3 rings (SSSR count). The average molecular weight is 351 g/mol. The van der Waals surface area contributed by atoms with Crippen LogP contribution in [0.5, 0.6) is 0 Å². The molecule has 3 amide bonds. The van der Waals surface area contributed by atoms with Crippen LogP contribution in [-0.4, -0.2) is 23.9 Å². The number of nitrogens with zero attached hydrogens (tertiary/aromatic N) is 1. The van der Waals surface area contributed by atoms with Gasteiger partial charge < -0.3 is 5.32 Å². The Morgan fingerprint density at radius 1 is 1.18 bits per heavy atom. The van der Waals surface area contributed by atoms with E-state index in [4.69, 9.17) is 11.6 Å². The van der Waals surface area contributed by atoms with Crippen molar-refractivity contribution in [3.8, 4) is 0 Å². The normalized spacial score (nSPS) is 16.5.